The lowest BCUT2D eigenvalue weighted by molar-refractivity contribution is -0.155. The molecule has 2 aromatic carbocycles. The fourth-order valence-corrected chi connectivity index (χ4v) is 4.76. The molecule has 2 amide bonds. The first-order valence-corrected chi connectivity index (χ1v) is 13.4. The largest absolute Gasteiger partial charge is 0.469 e. The summed E-state index contributed by atoms with van der Waals surface area (Å²) < 4.78 is 11.6. The topological polar surface area (TPSA) is 139 Å². The molecule has 208 valence electrons. The minimum atomic E-state index is -0.964. The van der Waals surface area contributed by atoms with Gasteiger partial charge in [0, 0.05) is 21.8 Å². The lowest BCUT2D eigenvalue weighted by Gasteiger charge is -2.32. The highest BCUT2D eigenvalue weighted by molar-refractivity contribution is 9.10. The first-order chi connectivity index (χ1) is 17.6. The predicted octanol–water partition coefficient (Wildman–Crippen LogP) is 5.21. The maximum absolute atomic E-state index is 12.0. The van der Waals surface area contributed by atoms with Crippen LogP contribution in [0.5, 0.6) is 0 Å². The number of ether oxygens (including phenoxy) is 2. The maximum Gasteiger partial charge on any atom is 0.312 e. The van der Waals surface area contributed by atoms with E-state index in [2.05, 4.69) is 31.9 Å². The van der Waals surface area contributed by atoms with Crippen molar-refractivity contribution >= 4 is 55.6 Å². The van der Waals surface area contributed by atoms with E-state index in [1.165, 1.54) is 14.2 Å². The Kier molecular flexibility index (Phi) is 12.7. The summed E-state index contributed by atoms with van der Waals surface area (Å²) in [6, 6.07) is 15.2. The number of halogens is 2. The van der Waals surface area contributed by atoms with Gasteiger partial charge in [-0.25, -0.2) is 0 Å². The minimum Gasteiger partial charge on any atom is -0.469 e. The fraction of sp³-hybridized carbons (Fsp3) is 0.429. The number of benzene rings is 2. The summed E-state index contributed by atoms with van der Waals surface area (Å²) >= 11 is 6.72. The highest BCUT2D eigenvalue weighted by atomic mass is 79.9. The van der Waals surface area contributed by atoms with Crippen molar-refractivity contribution in [1.82, 2.24) is 0 Å². The van der Waals surface area contributed by atoms with Crippen LogP contribution in [0, 0.1) is 10.8 Å². The van der Waals surface area contributed by atoms with E-state index in [1.54, 1.807) is 13.8 Å². The predicted molar refractivity (Wildman–Crippen MR) is 153 cm³/mol. The average molecular weight is 656 g/mol. The molecular weight excluding hydrogens is 620 g/mol. The molecule has 4 N–H and O–H groups in total. The molecule has 0 aliphatic carbocycles. The van der Waals surface area contributed by atoms with E-state index < -0.39 is 34.6 Å². The molecule has 0 spiro atoms. The Morgan fingerprint density at radius 3 is 1.16 bits per heavy atom. The third kappa shape index (κ3) is 8.66. The summed E-state index contributed by atoms with van der Waals surface area (Å²) in [4.78, 5) is 46.5. The van der Waals surface area contributed by atoms with E-state index in [0.29, 0.717) is 0 Å². The van der Waals surface area contributed by atoms with Crippen LogP contribution in [0.25, 0.3) is 0 Å². The second kappa shape index (κ2) is 14.4. The molecule has 2 aromatic rings. The molecular formula is C28H36Br2N2O6. The Morgan fingerprint density at radius 1 is 0.684 bits per heavy atom. The van der Waals surface area contributed by atoms with Crippen LogP contribution in [-0.4, -0.2) is 38.0 Å². The second-order valence-electron chi connectivity index (χ2n) is 9.65. The number of amides is 2. The van der Waals surface area contributed by atoms with Crippen molar-refractivity contribution < 1.29 is 28.7 Å². The van der Waals surface area contributed by atoms with Crippen LogP contribution in [0.15, 0.2) is 57.5 Å². The van der Waals surface area contributed by atoms with Gasteiger partial charge in [-0.1, -0.05) is 70.0 Å². The zero-order chi connectivity index (χ0) is 29.3. The van der Waals surface area contributed by atoms with E-state index in [9.17, 15) is 19.2 Å². The second-order valence-corrected chi connectivity index (χ2v) is 11.5. The van der Waals surface area contributed by atoms with Crippen LogP contribution in [0.1, 0.15) is 63.5 Å². The Balaban J connectivity index is 0.000000380. The molecule has 0 radical (unpaired) electrons. The average Bonchev–Trinajstić information content (AvgIpc) is 2.87. The number of hydrogen-bond acceptors (Lipinski definition) is 6. The molecule has 0 aliphatic heterocycles. The number of methoxy groups -OCH3 is 2. The van der Waals surface area contributed by atoms with E-state index >= 15 is 0 Å². The Hall–Kier alpha value is -2.72. The molecule has 38 heavy (non-hydrogen) atoms. The molecule has 0 heterocycles. The van der Waals surface area contributed by atoms with Crippen LogP contribution in [0.3, 0.4) is 0 Å². The van der Waals surface area contributed by atoms with Gasteiger partial charge >= 0.3 is 11.9 Å². The molecule has 0 aliphatic rings. The quantitative estimate of drug-likeness (QED) is 0.337. The highest BCUT2D eigenvalue weighted by Gasteiger charge is 2.43. The maximum atomic E-state index is 12.0. The lowest BCUT2D eigenvalue weighted by atomic mass is 9.72. The van der Waals surface area contributed by atoms with E-state index in [-0.39, 0.29) is 24.7 Å². The Morgan fingerprint density at radius 2 is 0.947 bits per heavy atom. The van der Waals surface area contributed by atoms with Crippen LogP contribution >= 0.6 is 31.9 Å². The van der Waals surface area contributed by atoms with Gasteiger partial charge in [0.25, 0.3) is 0 Å². The molecule has 0 unspecified atom stereocenters. The minimum absolute atomic E-state index is 0.0447. The molecule has 0 aromatic heterocycles. The van der Waals surface area contributed by atoms with Gasteiger partial charge in [-0.3, -0.25) is 19.2 Å². The molecule has 10 heteroatoms. The van der Waals surface area contributed by atoms with Gasteiger partial charge in [0.2, 0.25) is 11.8 Å². The number of hydrogen-bond donors (Lipinski definition) is 2. The van der Waals surface area contributed by atoms with Crippen LogP contribution in [0.2, 0.25) is 0 Å². The molecule has 0 saturated carbocycles. The fourth-order valence-electron chi connectivity index (χ4n) is 4.23. The molecule has 0 fully saturated rings. The molecule has 4 atom stereocenters. The monoisotopic (exact) mass is 654 g/mol. The van der Waals surface area contributed by atoms with Crippen molar-refractivity contribution in [3.05, 3.63) is 68.6 Å². The van der Waals surface area contributed by atoms with Crippen molar-refractivity contribution in [1.29, 1.82) is 0 Å². The van der Waals surface area contributed by atoms with Gasteiger partial charge < -0.3 is 20.9 Å². The first kappa shape index (κ1) is 33.3. The van der Waals surface area contributed by atoms with Crippen molar-refractivity contribution in [3.8, 4) is 0 Å². The van der Waals surface area contributed by atoms with Crippen molar-refractivity contribution in [2.24, 2.45) is 22.3 Å². The van der Waals surface area contributed by atoms with Gasteiger partial charge in [-0.05, 0) is 61.1 Å². The van der Waals surface area contributed by atoms with Gasteiger partial charge in [0.1, 0.15) is 0 Å². The number of esters is 2. The van der Waals surface area contributed by atoms with Crippen LogP contribution in [-0.2, 0) is 28.7 Å². The van der Waals surface area contributed by atoms with Crippen LogP contribution < -0.4 is 11.5 Å². The zero-order valence-corrected chi connectivity index (χ0v) is 25.7. The van der Waals surface area contributed by atoms with Gasteiger partial charge in [-0.2, -0.15) is 0 Å². The van der Waals surface area contributed by atoms with Crippen molar-refractivity contribution in [2.45, 2.75) is 52.4 Å². The lowest BCUT2D eigenvalue weighted by Crippen LogP contribution is -2.38. The number of carbonyl (C=O) groups excluding carboxylic acids is 4. The van der Waals surface area contributed by atoms with Gasteiger partial charge in [0.15, 0.2) is 0 Å². The SMILES string of the molecule is COC(=O)[C@@](C)(CC(N)=O)[C@H](C)c1ccc(Br)cc1.COC(=O)[C@](C)(CC(N)=O)[C@H](C)c1ccc(Br)cc1. The number of rotatable bonds is 10. The highest BCUT2D eigenvalue weighted by Crippen LogP contribution is 2.41. The van der Waals surface area contributed by atoms with E-state index in [1.807, 2.05) is 62.4 Å². The van der Waals surface area contributed by atoms with E-state index in [0.717, 1.165) is 20.1 Å². The summed E-state index contributed by atoms with van der Waals surface area (Å²) in [5, 5.41) is 0. The number of nitrogens with two attached hydrogens (primary N) is 2. The summed E-state index contributed by atoms with van der Waals surface area (Å²) in [7, 11) is 2.63. The smallest absolute Gasteiger partial charge is 0.312 e. The summed E-state index contributed by atoms with van der Waals surface area (Å²) in [6.45, 7) is 7.19. The van der Waals surface area contributed by atoms with Gasteiger partial charge in [-0.15, -0.1) is 0 Å². The summed E-state index contributed by atoms with van der Waals surface area (Å²) in [6.07, 6.45) is -0.0895. The zero-order valence-electron chi connectivity index (χ0n) is 22.5. The number of primary amides is 2. The molecule has 8 nitrogen and oxygen atoms in total. The van der Waals surface area contributed by atoms with Crippen LogP contribution in [0.4, 0.5) is 0 Å². The Labute approximate surface area is 241 Å². The van der Waals surface area contributed by atoms with Crippen molar-refractivity contribution in [2.75, 3.05) is 14.2 Å². The molecule has 2 rings (SSSR count). The van der Waals surface area contributed by atoms with Crippen molar-refractivity contribution in [3.63, 3.8) is 0 Å². The normalized spacial score (nSPS) is 15.4. The molecule has 0 saturated heterocycles. The standard InChI is InChI=1S/2C14H18BrNO3/c2*1-9(10-4-6-11(15)7-5-10)14(2,8-12(16)17)13(18)19-3/h2*4-7,9H,8H2,1-3H3,(H2,16,17)/t9-,14+;9-,14-/m11/s1. The summed E-state index contributed by atoms with van der Waals surface area (Å²) in [5.74, 6) is -2.25. The first-order valence-electron chi connectivity index (χ1n) is 11.9. The third-order valence-electron chi connectivity index (χ3n) is 7.04. The third-order valence-corrected chi connectivity index (χ3v) is 8.10. The van der Waals surface area contributed by atoms with E-state index in [4.69, 9.17) is 20.9 Å². The van der Waals surface area contributed by atoms with Gasteiger partial charge in [0.05, 0.1) is 25.0 Å². The Bertz CT molecular complexity index is 1030. The molecule has 0 bridgehead atoms. The summed E-state index contributed by atoms with van der Waals surface area (Å²) in [5.41, 5.74) is 10.5. The number of carbonyl (C=O) groups is 4.